The molecule has 0 aliphatic carbocycles. The average molecular weight is 466 g/mol. The zero-order chi connectivity index (χ0) is 24.4. The lowest BCUT2D eigenvalue weighted by atomic mass is 9.87. The fourth-order valence-electron chi connectivity index (χ4n) is 4.39. The summed E-state index contributed by atoms with van der Waals surface area (Å²) >= 11 is 0. The molecule has 3 aromatic carbocycles. The molecule has 178 valence electrons. The van der Waals surface area contributed by atoms with E-state index in [9.17, 15) is 4.79 Å². The van der Waals surface area contributed by atoms with Crippen LogP contribution in [0, 0.1) is 0 Å². The van der Waals surface area contributed by atoms with E-state index in [1.165, 1.54) is 16.3 Å². The highest BCUT2D eigenvalue weighted by Gasteiger charge is 2.22. The minimum Gasteiger partial charge on any atom is -0.352 e. The maximum atomic E-state index is 12.8. The van der Waals surface area contributed by atoms with E-state index in [1.807, 2.05) is 41.3 Å². The second-order valence-corrected chi connectivity index (χ2v) is 10.1. The molecule has 0 spiro atoms. The molecule has 1 aliphatic heterocycles. The van der Waals surface area contributed by atoms with Crippen LogP contribution in [0.2, 0.25) is 0 Å². The molecule has 1 aliphatic rings. The number of hydrogen-bond acceptors (Lipinski definition) is 4. The van der Waals surface area contributed by atoms with Gasteiger partial charge in [0.2, 0.25) is 0 Å². The van der Waals surface area contributed by atoms with E-state index in [0.717, 1.165) is 35.9 Å². The van der Waals surface area contributed by atoms with Gasteiger partial charge in [-0.15, -0.1) is 10.2 Å². The molecule has 2 heterocycles. The number of urea groups is 1. The highest BCUT2D eigenvalue weighted by atomic mass is 16.2. The molecule has 4 aromatic rings. The largest absolute Gasteiger partial charge is 0.352 e. The summed E-state index contributed by atoms with van der Waals surface area (Å²) in [5.74, 6) is 0.840. The summed E-state index contributed by atoms with van der Waals surface area (Å²) in [6, 6.07) is 26.7. The third kappa shape index (κ3) is 5.11. The first kappa shape index (κ1) is 22.8. The van der Waals surface area contributed by atoms with Gasteiger partial charge in [-0.3, -0.25) is 0 Å². The number of amides is 2. The van der Waals surface area contributed by atoms with Crippen molar-refractivity contribution in [1.82, 2.24) is 15.1 Å². The van der Waals surface area contributed by atoms with Gasteiger partial charge in [-0.1, -0.05) is 69.3 Å². The molecule has 0 radical (unpaired) electrons. The van der Waals surface area contributed by atoms with Gasteiger partial charge in [-0.2, -0.15) is 0 Å². The minimum atomic E-state index is -0.0640. The molecule has 0 atom stereocenters. The molecule has 1 saturated heterocycles. The number of carbonyl (C=O) groups excluding carboxylic acids is 1. The molecule has 2 amide bonds. The number of rotatable bonds is 3. The summed E-state index contributed by atoms with van der Waals surface area (Å²) in [5, 5.41) is 14.4. The van der Waals surface area contributed by atoms with Crippen LogP contribution in [-0.2, 0) is 5.41 Å². The summed E-state index contributed by atoms with van der Waals surface area (Å²) in [4.78, 5) is 16.8. The fourth-order valence-corrected chi connectivity index (χ4v) is 4.39. The lowest BCUT2D eigenvalue weighted by molar-refractivity contribution is 0.208. The number of nitrogens with one attached hydrogen (secondary N) is 1. The normalized spacial score (nSPS) is 14.3. The van der Waals surface area contributed by atoms with E-state index in [-0.39, 0.29) is 11.4 Å². The molecule has 6 nitrogen and oxygen atoms in total. The van der Waals surface area contributed by atoms with Crippen molar-refractivity contribution in [3.8, 4) is 11.3 Å². The van der Waals surface area contributed by atoms with Crippen molar-refractivity contribution in [2.24, 2.45) is 0 Å². The lowest BCUT2D eigenvalue weighted by Crippen LogP contribution is -2.50. The van der Waals surface area contributed by atoms with E-state index in [1.54, 1.807) is 0 Å². The van der Waals surface area contributed by atoms with Crippen LogP contribution in [-0.4, -0.2) is 47.3 Å². The highest BCUT2D eigenvalue weighted by Crippen LogP contribution is 2.25. The summed E-state index contributed by atoms with van der Waals surface area (Å²) in [5.41, 5.74) is 4.07. The molecule has 0 unspecified atom stereocenters. The first-order valence-corrected chi connectivity index (χ1v) is 12.1. The number of fused-ring (bicyclic) bond motifs is 1. The maximum absolute atomic E-state index is 12.8. The van der Waals surface area contributed by atoms with E-state index in [0.29, 0.717) is 13.1 Å². The molecular weight excluding hydrogens is 434 g/mol. The standard InChI is InChI=1S/C29H31N5O/c1-29(2,3)24-10-12-25(13-11-24)30-28(35)34-18-16-33(17-19-34)27-15-14-26(31-32-27)23-9-8-21-6-4-5-7-22(21)20-23/h4-15,20H,16-19H2,1-3H3,(H,30,35). The van der Waals surface area contributed by atoms with Gasteiger partial charge in [-0.25, -0.2) is 4.79 Å². The number of benzene rings is 3. The first-order chi connectivity index (χ1) is 16.9. The predicted octanol–water partition coefficient (Wildman–Crippen LogP) is 5.95. The summed E-state index contributed by atoms with van der Waals surface area (Å²) in [6.45, 7) is 9.27. The Labute approximate surface area is 206 Å². The van der Waals surface area contributed by atoms with Gasteiger partial charge in [0.25, 0.3) is 0 Å². The third-order valence-corrected chi connectivity index (χ3v) is 6.59. The Morgan fingerprint density at radius 1 is 0.800 bits per heavy atom. The van der Waals surface area contributed by atoms with Crippen molar-refractivity contribution in [2.75, 3.05) is 36.4 Å². The van der Waals surface area contributed by atoms with Crippen LogP contribution in [0.4, 0.5) is 16.3 Å². The number of nitrogens with zero attached hydrogens (tertiary/aromatic N) is 4. The van der Waals surface area contributed by atoms with E-state index < -0.39 is 0 Å². The topological polar surface area (TPSA) is 61.4 Å². The van der Waals surface area contributed by atoms with Crippen LogP contribution in [0.3, 0.4) is 0 Å². The van der Waals surface area contributed by atoms with Crippen molar-refractivity contribution in [3.05, 3.63) is 84.4 Å². The summed E-state index contributed by atoms with van der Waals surface area (Å²) in [7, 11) is 0. The molecule has 35 heavy (non-hydrogen) atoms. The van der Waals surface area contributed by atoms with Gasteiger partial charge in [0.1, 0.15) is 0 Å². The maximum Gasteiger partial charge on any atom is 0.321 e. The number of hydrogen-bond donors (Lipinski definition) is 1. The Morgan fingerprint density at radius 3 is 2.17 bits per heavy atom. The average Bonchev–Trinajstić information content (AvgIpc) is 2.88. The third-order valence-electron chi connectivity index (χ3n) is 6.59. The number of carbonyl (C=O) groups is 1. The van der Waals surface area contributed by atoms with Crippen LogP contribution in [0.15, 0.2) is 78.9 Å². The van der Waals surface area contributed by atoms with Crippen LogP contribution in [0.25, 0.3) is 22.0 Å². The molecule has 1 aromatic heterocycles. The van der Waals surface area contributed by atoms with Crippen LogP contribution in [0.1, 0.15) is 26.3 Å². The van der Waals surface area contributed by atoms with Crippen molar-refractivity contribution < 1.29 is 4.79 Å². The second kappa shape index (κ2) is 9.37. The minimum absolute atomic E-state index is 0.0640. The van der Waals surface area contributed by atoms with Crippen molar-refractivity contribution in [1.29, 1.82) is 0 Å². The summed E-state index contributed by atoms with van der Waals surface area (Å²) < 4.78 is 0. The predicted molar refractivity (Wildman–Crippen MR) is 143 cm³/mol. The van der Waals surface area contributed by atoms with E-state index >= 15 is 0 Å². The Morgan fingerprint density at radius 2 is 1.51 bits per heavy atom. The highest BCUT2D eigenvalue weighted by molar-refractivity contribution is 5.89. The molecule has 6 heteroatoms. The lowest BCUT2D eigenvalue weighted by Gasteiger charge is -2.35. The van der Waals surface area contributed by atoms with Crippen molar-refractivity contribution in [3.63, 3.8) is 0 Å². The quantitative estimate of drug-likeness (QED) is 0.406. The first-order valence-electron chi connectivity index (χ1n) is 12.1. The summed E-state index contributed by atoms with van der Waals surface area (Å²) in [6.07, 6.45) is 0. The van der Waals surface area contributed by atoms with Gasteiger partial charge in [0.15, 0.2) is 5.82 Å². The van der Waals surface area contributed by atoms with E-state index in [4.69, 9.17) is 0 Å². The number of piperazine rings is 1. The zero-order valence-corrected chi connectivity index (χ0v) is 20.5. The second-order valence-electron chi connectivity index (χ2n) is 10.1. The Balaban J connectivity index is 1.18. The molecule has 0 saturated carbocycles. The Bertz CT molecular complexity index is 1320. The fraction of sp³-hybridized carbons (Fsp3) is 0.276. The van der Waals surface area contributed by atoms with Gasteiger partial charge < -0.3 is 15.1 Å². The van der Waals surface area contributed by atoms with Gasteiger partial charge in [0.05, 0.1) is 5.69 Å². The molecule has 1 fully saturated rings. The van der Waals surface area contributed by atoms with Crippen molar-refractivity contribution in [2.45, 2.75) is 26.2 Å². The van der Waals surface area contributed by atoms with Crippen LogP contribution < -0.4 is 10.2 Å². The monoisotopic (exact) mass is 465 g/mol. The molecule has 1 N–H and O–H groups in total. The zero-order valence-electron chi connectivity index (χ0n) is 20.5. The molecule has 5 rings (SSSR count). The number of aromatic nitrogens is 2. The molecular formula is C29H31N5O. The van der Waals surface area contributed by atoms with E-state index in [2.05, 4.69) is 83.6 Å². The van der Waals surface area contributed by atoms with Crippen molar-refractivity contribution >= 4 is 28.3 Å². The van der Waals surface area contributed by atoms with Crippen LogP contribution in [0.5, 0.6) is 0 Å². The molecule has 0 bridgehead atoms. The Kier molecular flexibility index (Phi) is 6.12. The van der Waals surface area contributed by atoms with Gasteiger partial charge >= 0.3 is 6.03 Å². The van der Waals surface area contributed by atoms with Gasteiger partial charge in [-0.05, 0) is 52.1 Å². The Hall–Kier alpha value is -3.93. The number of anilines is 2. The van der Waals surface area contributed by atoms with Crippen LogP contribution >= 0.6 is 0 Å². The van der Waals surface area contributed by atoms with Gasteiger partial charge in [0, 0.05) is 37.4 Å². The SMILES string of the molecule is CC(C)(C)c1ccc(NC(=O)N2CCN(c3ccc(-c4ccc5ccccc5c4)nn3)CC2)cc1. The smallest absolute Gasteiger partial charge is 0.321 e.